The van der Waals surface area contributed by atoms with Crippen LogP contribution in [0.25, 0.3) is 0 Å². The van der Waals surface area contributed by atoms with Crippen LogP contribution in [0.4, 0.5) is 0 Å². The summed E-state index contributed by atoms with van der Waals surface area (Å²) < 4.78 is 5.42. The first-order valence-electron chi connectivity index (χ1n) is 4.79. The van der Waals surface area contributed by atoms with Gasteiger partial charge < -0.3 is 16.2 Å². The number of ether oxygens (including phenoxy) is 1. The molecule has 16 heavy (non-hydrogen) atoms. The fraction of sp³-hybridized carbons (Fsp3) is 0.300. The predicted octanol–water partition coefficient (Wildman–Crippen LogP) is -0.397. The maximum atomic E-state index is 11.2. The average Bonchev–Trinajstić information content (AvgIpc) is 2.55. The van der Waals surface area contributed by atoms with Crippen LogP contribution in [0.2, 0.25) is 0 Å². The smallest absolute Gasteiger partial charge is 0.267 e. The normalized spacial score (nSPS) is 17.7. The van der Waals surface area contributed by atoms with Gasteiger partial charge in [0, 0.05) is 6.42 Å². The Morgan fingerprint density at radius 2 is 2.12 bits per heavy atom. The van der Waals surface area contributed by atoms with Gasteiger partial charge >= 0.3 is 0 Å². The van der Waals surface area contributed by atoms with Crippen molar-refractivity contribution in [3.8, 4) is 5.75 Å². The average molecular weight is 221 g/mol. The second kappa shape index (κ2) is 3.48. The van der Waals surface area contributed by atoms with E-state index < -0.39 is 11.8 Å². The van der Waals surface area contributed by atoms with Crippen LogP contribution in [-0.2, 0) is 6.42 Å². The second-order valence-corrected chi connectivity index (χ2v) is 3.69. The molecule has 1 aliphatic rings. The van der Waals surface area contributed by atoms with E-state index in [0.29, 0.717) is 17.9 Å². The molecule has 2 amide bonds. The van der Waals surface area contributed by atoms with Crippen LogP contribution in [0.3, 0.4) is 0 Å². The van der Waals surface area contributed by atoms with Crippen molar-refractivity contribution in [3.63, 3.8) is 0 Å². The number of pyridine rings is 1. The molecule has 0 saturated carbocycles. The summed E-state index contributed by atoms with van der Waals surface area (Å²) >= 11 is 0. The van der Waals surface area contributed by atoms with Crippen molar-refractivity contribution < 1.29 is 14.3 Å². The Morgan fingerprint density at radius 1 is 1.44 bits per heavy atom. The van der Waals surface area contributed by atoms with Gasteiger partial charge in [-0.3, -0.25) is 9.59 Å². The van der Waals surface area contributed by atoms with Gasteiger partial charge in [0.2, 0.25) is 0 Å². The summed E-state index contributed by atoms with van der Waals surface area (Å²) in [4.78, 5) is 26.3. The van der Waals surface area contributed by atoms with Gasteiger partial charge in [0.15, 0.2) is 5.75 Å². The summed E-state index contributed by atoms with van der Waals surface area (Å²) in [6.45, 7) is 1.84. The summed E-state index contributed by atoms with van der Waals surface area (Å²) in [5.74, 6) is -0.981. The molecule has 1 atom stereocenters. The maximum absolute atomic E-state index is 11.2. The maximum Gasteiger partial charge on any atom is 0.267 e. The first kappa shape index (κ1) is 10.4. The molecule has 0 bridgehead atoms. The van der Waals surface area contributed by atoms with E-state index in [1.54, 1.807) is 0 Å². The molecule has 1 aromatic heterocycles. The summed E-state index contributed by atoms with van der Waals surface area (Å²) in [5.41, 5.74) is 11.1. The monoisotopic (exact) mass is 221 g/mol. The Kier molecular flexibility index (Phi) is 2.26. The fourth-order valence-corrected chi connectivity index (χ4v) is 1.68. The van der Waals surface area contributed by atoms with E-state index in [4.69, 9.17) is 16.2 Å². The minimum atomic E-state index is -0.690. The van der Waals surface area contributed by atoms with Crippen LogP contribution in [0.15, 0.2) is 6.07 Å². The van der Waals surface area contributed by atoms with Gasteiger partial charge in [0.1, 0.15) is 11.8 Å². The van der Waals surface area contributed by atoms with Gasteiger partial charge in [-0.15, -0.1) is 0 Å². The molecule has 0 aromatic carbocycles. The van der Waals surface area contributed by atoms with Crippen LogP contribution < -0.4 is 16.2 Å². The highest BCUT2D eigenvalue weighted by Gasteiger charge is 2.27. The van der Waals surface area contributed by atoms with Crippen molar-refractivity contribution in [2.24, 2.45) is 11.5 Å². The molecular weight excluding hydrogens is 210 g/mol. The van der Waals surface area contributed by atoms with Crippen molar-refractivity contribution in [2.45, 2.75) is 19.4 Å². The number of fused-ring (bicyclic) bond motifs is 1. The number of aromatic nitrogens is 1. The minimum absolute atomic E-state index is 0.0326. The number of rotatable bonds is 2. The Labute approximate surface area is 91.6 Å². The zero-order valence-electron chi connectivity index (χ0n) is 8.69. The fourth-order valence-electron chi connectivity index (χ4n) is 1.68. The highest BCUT2D eigenvalue weighted by molar-refractivity contribution is 5.99. The van der Waals surface area contributed by atoms with E-state index in [-0.39, 0.29) is 17.4 Å². The van der Waals surface area contributed by atoms with E-state index in [1.165, 1.54) is 6.07 Å². The molecule has 2 heterocycles. The van der Waals surface area contributed by atoms with Crippen LogP contribution in [-0.4, -0.2) is 22.9 Å². The Hall–Kier alpha value is -2.11. The number of carbonyl (C=O) groups excluding carboxylic acids is 2. The molecule has 1 unspecified atom stereocenters. The topological polar surface area (TPSA) is 108 Å². The first-order chi connectivity index (χ1) is 7.49. The van der Waals surface area contributed by atoms with Crippen molar-refractivity contribution >= 4 is 11.8 Å². The lowest BCUT2D eigenvalue weighted by molar-refractivity contribution is 0.0995. The molecule has 0 spiro atoms. The lowest BCUT2D eigenvalue weighted by atomic mass is 10.1. The van der Waals surface area contributed by atoms with Gasteiger partial charge in [-0.25, -0.2) is 4.98 Å². The zero-order chi connectivity index (χ0) is 11.9. The van der Waals surface area contributed by atoms with Gasteiger partial charge in [0.25, 0.3) is 11.8 Å². The Morgan fingerprint density at radius 3 is 2.69 bits per heavy atom. The van der Waals surface area contributed by atoms with Crippen molar-refractivity contribution in [2.75, 3.05) is 0 Å². The Bertz CT molecular complexity index is 484. The van der Waals surface area contributed by atoms with Gasteiger partial charge in [-0.05, 0) is 13.0 Å². The molecule has 0 aliphatic carbocycles. The Balaban J connectivity index is 2.60. The molecule has 0 radical (unpaired) electrons. The number of amides is 2. The first-order valence-corrected chi connectivity index (χ1v) is 4.79. The van der Waals surface area contributed by atoms with E-state index in [0.717, 1.165) is 0 Å². The number of nitrogens with zero attached hydrogens (tertiary/aromatic N) is 1. The zero-order valence-corrected chi connectivity index (χ0v) is 8.69. The highest BCUT2D eigenvalue weighted by atomic mass is 16.5. The molecule has 84 valence electrons. The van der Waals surface area contributed by atoms with Gasteiger partial charge in [-0.1, -0.05) is 0 Å². The van der Waals surface area contributed by atoms with Crippen LogP contribution in [0, 0.1) is 0 Å². The minimum Gasteiger partial charge on any atom is -0.488 e. The number of carbonyl (C=O) groups is 2. The van der Waals surface area contributed by atoms with Crippen LogP contribution >= 0.6 is 0 Å². The lowest BCUT2D eigenvalue weighted by Crippen LogP contribution is -2.18. The van der Waals surface area contributed by atoms with E-state index in [2.05, 4.69) is 4.98 Å². The molecule has 0 saturated heterocycles. The van der Waals surface area contributed by atoms with E-state index in [9.17, 15) is 9.59 Å². The molecule has 1 aromatic rings. The van der Waals surface area contributed by atoms with E-state index >= 15 is 0 Å². The van der Waals surface area contributed by atoms with Crippen molar-refractivity contribution in [3.05, 3.63) is 23.0 Å². The summed E-state index contributed by atoms with van der Waals surface area (Å²) in [6.07, 6.45) is 0.459. The third-order valence-electron chi connectivity index (χ3n) is 2.36. The number of hydrogen-bond donors (Lipinski definition) is 2. The molecule has 0 fully saturated rings. The quantitative estimate of drug-likeness (QED) is 0.708. The summed E-state index contributed by atoms with van der Waals surface area (Å²) in [7, 11) is 0. The summed E-state index contributed by atoms with van der Waals surface area (Å²) in [5, 5.41) is 0. The van der Waals surface area contributed by atoms with Crippen LogP contribution in [0.5, 0.6) is 5.75 Å². The largest absolute Gasteiger partial charge is 0.488 e. The molecule has 6 nitrogen and oxygen atoms in total. The number of primary amides is 2. The second-order valence-electron chi connectivity index (χ2n) is 3.69. The van der Waals surface area contributed by atoms with Gasteiger partial charge in [-0.2, -0.15) is 0 Å². The molecule has 2 rings (SSSR count). The van der Waals surface area contributed by atoms with Gasteiger partial charge in [0.05, 0.1) is 11.3 Å². The molecule has 1 aliphatic heterocycles. The highest BCUT2D eigenvalue weighted by Crippen LogP contribution is 2.31. The summed E-state index contributed by atoms with van der Waals surface area (Å²) in [6, 6.07) is 1.27. The SMILES string of the molecule is CC1Cc2nc(C(N)=O)cc(C(N)=O)c2O1. The molecular formula is C10H11N3O3. The third kappa shape index (κ3) is 1.58. The van der Waals surface area contributed by atoms with Crippen molar-refractivity contribution in [1.82, 2.24) is 4.98 Å². The predicted molar refractivity (Wildman–Crippen MR) is 55.1 cm³/mol. The van der Waals surface area contributed by atoms with Crippen molar-refractivity contribution in [1.29, 1.82) is 0 Å². The third-order valence-corrected chi connectivity index (χ3v) is 2.36. The molecule has 4 N–H and O–H groups in total. The molecule has 6 heteroatoms. The number of nitrogens with two attached hydrogens (primary N) is 2. The number of hydrogen-bond acceptors (Lipinski definition) is 4. The van der Waals surface area contributed by atoms with E-state index in [1.807, 2.05) is 6.92 Å². The lowest BCUT2D eigenvalue weighted by Gasteiger charge is -2.07. The van der Waals surface area contributed by atoms with Crippen LogP contribution in [0.1, 0.15) is 33.5 Å². The standard InChI is InChI=1S/C10H11N3O3/c1-4-2-6-8(16-4)5(9(11)14)3-7(13-6)10(12)15/h3-4H,2H2,1H3,(H2,11,14)(H2,12,15).